The Morgan fingerprint density at radius 3 is 2.81 bits per heavy atom. The van der Waals surface area contributed by atoms with Crippen molar-refractivity contribution < 1.29 is 9.53 Å². The van der Waals surface area contributed by atoms with Crippen LogP contribution in [-0.2, 0) is 9.53 Å². The summed E-state index contributed by atoms with van der Waals surface area (Å²) in [4.78, 5) is 12.4. The normalized spacial score (nSPS) is 16.9. The van der Waals surface area contributed by atoms with Gasteiger partial charge in [-0.1, -0.05) is 35.3 Å². The van der Waals surface area contributed by atoms with Crippen LogP contribution in [0.1, 0.15) is 30.9 Å². The third-order valence-corrected chi connectivity index (χ3v) is 4.65. The van der Waals surface area contributed by atoms with Crippen LogP contribution in [0.15, 0.2) is 18.2 Å². The van der Waals surface area contributed by atoms with Gasteiger partial charge in [-0.3, -0.25) is 4.79 Å². The standard InChI is InChI=1S/C15H16Cl2N2O2/c1-21-8-7-15(5-6-15)14(20)19-12(9-18)10-3-2-4-11(16)13(10)17/h2-4,12H,5-8H2,1H3,(H,19,20). The van der Waals surface area contributed by atoms with E-state index < -0.39 is 11.5 Å². The number of hydrogen-bond donors (Lipinski definition) is 1. The van der Waals surface area contributed by atoms with Gasteiger partial charge in [0.1, 0.15) is 6.04 Å². The summed E-state index contributed by atoms with van der Waals surface area (Å²) in [6.07, 6.45) is 2.31. The number of nitrogens with one attached hydrogen (secondary N) is 1. The summed E-state index contributed by atoms with van der Waals surface area (Å²) in [6, 6.07) is 6.31. The fraction of sp³-hybridized carbons (Fsp3) is 0.467. The molecule has 2 rings (SSSR count). The van der Waals surface area contributed by atoms with Crippen molar-refractivity contribution in [2.45, 2.75) is 25.3 Å². The van der Waals surface area contributed by atoms with E-state index in [0.29, 0.717) is 28.6 Å². The van der Waals surface area contributed by atoms with Crippen molar-refractivity contribution in [1.82, 2.24) is 5.32 Å². The van der Waals surface area contributed by atoms with E-state index in [0.717, 1.165) is 12.8 Å². The number of carbonyl (C=O) groups is 1. The van der Waals surface area contributed by atoms with Crippen molar-refractivity contribution in [3.05, 3.63) is 33.8 Å². The van der Waals surface area contributed by atoms with E-state index in [1.165, 1.54) is 0 Å². The Balaban J connectivity index is 2.11. The average molecular weight is 327 g/mol. The van der Waals surface area contributed by atoms with Crippen LogP contribution in [0, 0.1) is 16.7 Å². The predicted octanol–water partition coefficient (Wildman–Crippen LogP) is 3.49. The SMILES string of the molecule is COCCC1(C(=O)NC(C#N)c2cccc(Cl)c2Cl)CC1. The van der Waals surface area contributed by atoms with Crippen molar-refractivity contribution in [1.29, 1.82) is 5.26 Å². The van der Waals surface area contributed by atoms with Crippen LogP contribution >= 0.6 is 23.2 Å². The Hall–Kier alpha value is -1.28. The molecular weight excluding hydrogens is 311 g/mol. The van der Waals surface area contributed by atoms with Gasteiger partial charge in [0.25, 0.3) is 0 Å². The molecule has 1 amide bonds. The Kier molecular flexibility index (Phi) is 5.10. The fourth-order valence-corrected chi connectivity index (χ4v) is 2.66. The quantitative estimate of drug-likeness (QED) is 0.870. The molecule has 112 valence electrons. The lowest BCUT2D eigenvalue weighted by Gasteiger charge is -2.19. The van der Waals surface area contributed by atoms with E-state index in [9.17, 15) is 10.1 Å². The summed E-state index contributed by atoms with van der Waals surface area (Å²) in [5.74, 6) is -0.123. The number of ether oxygens (including phenoxy) is 1. The summed E-state index contributed by atoms with van der Waals surface area (Å²) >= 11 is 12.1. The zero-order valence-corrected chi connectivity index (χ0v) is 13.2. The number of benzene rings is 1. The minimum Gasteiger partial charge on any atom is -0.385 e. The fourth-order valence-electron chi connectivity index (χ4n) is 2.25. The second-order valence-electron chi connectivity index (χ2n) is 5.20. The number of hydrogen-bond acceptors (Lipinski definition) is 3. The first-order valence-corrected chi connectivity index (χ1v) is 7.43. The van der Waals surface area contributed by atoms with Crippen molar-refractivity contribution in [2.24, 2.45) is 5.41 Å². The van der Waals surface area contributed by atoms with Crippen LogP contribution in [0.25, 0.3) is 0 Å². The van der Waals surface area contributed by atoms with Crippen molar-refractivity contribution in [3.63, 3.8) is 0 Å². The molecule has 0 heterocycles. The maximum Gasteiger partial charge on any atom is 0.227 e. The molecule has 0 aromatic heterocycles. The van der Waals surface area contributed by atoms with Gasteiger partial charge in [0.15, 0.2) is 0 Å². The number of nitrogens with zero attached hydrogens (tertiary/aromatic N) is 1. The van der Waals surface area contributed by atoms with Crippen LogP contribution in [-0.4, -0.2) is 19.6 Å². The maximum atomic E-state index is 12.4. The molecule has 21 heavy (non-hydrogen) atoms. The van der Waals surface area contributed by atoms with Gasteiger partial charge in [0.2, 0.25) is 5.91 Å². The predicted molar refractivity (Wildman–Crippen MR) is 81.1 cm³/mol. The highest BCUT2D eigenvalue weighted by atomic mass is 35.5. The van der Waals surface area contributed by atoms with Crippen LogP contribution in [0.3, 0.4) is 0 Å². The molecule has 0 bridgehead atoms. The Morgan fingerprint density at radius 1 is 1.52 bits per heavy atom. The van der Waals surface area contributed by atoms with Crippen LogP contribution in [0.4, 0.5) is 0 Å². The summed E-state index contributed by atoms with van der Waals surface area (Å²) in [5.41, 5.74) is 0.124. The first-order valence-electron chi connectivity index (χ1n) is 6.67. The molecule has 1 aliphatic carbocycles. The maximum absolute atomic E-state index is 12.4. The van der Waals surface area contributed by atoms with Gasteiger partial charge in [0, 0.05) is 19.3 Å². The first-order chi connectivity index (χ1) is 10.0. The Labute approximate surface area is 134 Å². The summed E-state index contributed by atoms with van der Waals surface area (Å²) in [6.45, 7) is 0.530. The van der Waals surface area contributed by atoms with Crippen molar-refractivity contribution >= 4 is 29.1 Å². The summed E-state index contributed by atoms with van der Waals surface area (Å²) in [7, 11) is 1.61. The summed E-state index contributed by atoms with van der Waals surface area (Å²) in [5, 5.41) is 12.7. The minimum atomic E-state index is -0.802. The van der Waals surface area contributed by atoms with E-state index >= 15 is 0 Å². The Bertz CT molecular complexity index is 580. The lowest BCUT2D eigenvalue weighted by Crippen LogP contribution is -2.35. The van der Waals surface area contributed by atoms with Gasteiger partial charge in [-0.05, 0) is 25.3 Å². The van der Waals surface area contributed by atoms with Crippen molar-refractivity contribution in [3.8, 4) is 6.07 Å². The van der Waals surface area contributed by atoms with Gasteiger partial charge in [-0.25, -0.2) is 0 Å². The highest BCUT2D eigenvalue weighted by Crippen LogP contribution is 2.49. The van der Waals surface area contributed by atoms with Crippen LogP contribution < -0.4 is 5.32 Å². The molecule has 1 saturated carbocycles. The van der Waals surface area contributed by atoms with E-state index in [2.05, 4.69) is 11.4 Å². The lowest BCUT2D eigenvalue weighted by molar-refractivity contribution is -0.127. The number of carbonyl (C=O) groups excluding carboxylic acids is 1. The third-order valence-electron chi connectivity index (χ3n) is 3.82. The van der Waals surface area contributed by atoms with Gasteiger partial charge in [-0.15, -0.1) is 0 Å². The molecule has 1 aromatic carbocycles. The van der Waals surface area contributed by atoms with E-state index in [-0.39, 0.29) is 5.91 Å². The molecular formula is C15H16Cl2N2O2. The number of halogens is 2. The molecule has 0 aliphatic heterocycles. The molecule has 0 radical (unpaired) electrons. The Morgan fingerprint density at radius 2 is 2.24 bits per heavy atom. The smallest absolute Gasteiger partial charge is 0.227 e. The van der Waals surface area contributed by atoms with Crippen molar-refractivity contribution in [2.75, 3.05) is 13.7 Å². The number of methoxy groups -OCH3 is 1. The molecule has 0 saturated heterocycles. The van der Waals surface area contributed by atoms with Gasteiger partial charge >= 0.3 is 0 Å². The number of amides is 1. The zero-order valence-electron chi connectivity index (χ0n) is 11.7. The molecule has 0 spiro atoms. The average Bonchev–Trinajstić information content (AvgIpc) is 3.27. The number of rotatable bonds is 6. The topological polar surface area (TPSA) is 62.1 Å². The second kappa shape index (κ2) is 6.65. The highest BCUT2D eigenvalue weighted by Gasteiger charge is 2.49. The van der Waals surface area contributed by atoms with Gasteiger partial charge < -0.3 is 10.1 Å². The molecule has 6 heteroatoms. The minimum absolute atomic E-state index is 0.123. The van der Waals surface area contributed by atoms with Gasteiger partial charge in [-0.2, -0.15) is 5.26 Å². The third kappa shape index (κ3) is 3.49. The van der Waals surface area contributed by atoms with E-state index in [1.54, 1.807) is 25.3 Å². The van der Waals surface area contributed by atoms with Crippen LogP contribution in [0.5, 0.6) is 0 Å². The second-order valence-corrected chi connectivity index (χ2v) is 5.99. The monoisotopic (exact) mass is 326 g/mol. The molecule has 1 N–H and O–H groups in total. The molecule has 1 aromatic rings. The molecule has 1 atom stereocenters. The van der Waals surface area contributed by atoms with E-state index in [4.69, 9.17) is 27.9 Å². The van der Waals surface area contributed by atoms with E-state index in [1.807, 2.05) is 0 Å². The zero-order chi connectivity index (χ0) is 15.5. The van der Waals surface area contributed by atoms with Crippen LogP contribution in [0.2, 0.25) is 10.0 Å². The first kappa shape index (κ1) is 16.1. The lowest BCUT2D eigenvalue weighted by atomic mass is 10.0. The van der Waals surface area contributed by atoms with Gasteiger partial charge in [0.05, 0.1) is 21.5 Å². The molecule has 4 nitrogen and oxygen atoms in total. The molecule has 1 aliphatic rings. The summed E-state index contributed by atoms with van der Waals surface area (Å²) < 4.78 is 5.04. The molecule has 1 unspecified atom stereocenters. The highest BCUT2D eigenvalue weighted by molar-refractivity contribution is 6.42. The largest absolute Gasteiger partial charge is 0.385 e. The number of nitriles is 1. The molecule has 1 fully saturated rings.